The second-order valence-corrected chi connectivity index (χ2v) is 5.18. The molecule has 18 heavy (non-hydrogen) atoms. The Labute approximate surface area is 110 Å². The van der Waals surface area contributed by atoms with Crippen LogP contribution >= 0.6 is 0 Å². The highest BCUT2D eigenvalue weighted by atomic mass is 16.3. The molecule has 1 aromatic carbocycles. The minimum Gasteiger partial charge on any atom is -0.395 e. The van der Waals surface area contributed by atoms with Gasteiger partial charge >= 0.3 is 0 Å². The molecule has 1 atom stereocenters. The van der Waals surface area contributed by atoms with Crippen LogP contribution in [0.25, 0.3) is 0 Å². The number of nitrogens with one attached hydrogen (secondary N) is 1. The fourth-order valence-corrected chi connectivity index (χ4v) is 2.33. The summed E-state index contributed by atoms with van der Waals surface area (Å²) < 4.78 is 0. The molecule has 1 heterocycles. The molecule has 0 aromatic heterocycles. The Balaban J connectivity index is 1.88. The quantitative estimate of drug-likeness (QED) is 0.838. The van der Waals surface area contributed by atoms with Crippen molar-refractivity contribution < 1.29 is 5.11 Å². The first kappa shape index (κ1) is 13.4. The maximum Gasteiger partial charge on any atom is 0.0582 e. The Hall–Kier alpha value is -1.06. The van der Waals surface area contributed by atoms with Gasteiger partial charge in [-0.15, -0.1) is 0 Å². The van der Waals surface area contributed by atoms with Gasteiger partial charge in [0.05, 0.1) is 6.61 Å². The van der Waals surface area contributed by atoms with E-state index in [1.807, 2.05) is 6.92 Å². The molecule has 2 rings (SSSR count). The summed E-state index contributed by atoms with van der Waals surface area (Å²) in [4.78, 5) is 2.47. The van der Waals surface area contributed by atoms with E-state index >= 15 is 0 Å². The molecule has 0 radical (unpaired) electrons. The van der Waals surface area contributed by atoms with Crippen molar-refractivity contribution in [2.24, 2.45) is 0 Å². The van der Waals surface area contributed by atoms with Crippen LogP contribution in [0.4, 0.5) is 5.69 Å². The number of aliphatic hydroxyl groups is 1. The zero-order chi connectivity index (χ0) is 12.8. The SMILES string of the molecule is C[C@H](CO)NCc1ccc(N2CCCCC2)cc1. The maximum atomic E-state index is 8.96. The van der Waals surface area contributed by atoms with E-state index in [1.165, 1.54) is 43.6 Å². The molecule has 2 N–H and O–H groups in total. The molecule has 1 aliphatic rings. The summed E-state index contributed by atoms with van der Waals surface area (Å²) in [7, 11) is 0. The van der Waals surface area contributed by atoms with Crippen molar-refractivity contribution in [2.75, 3.05) is 24.6 Å². The fraction of sp³-hybridized carbons (Fsp3) is 0.600. The lowest BCUT2D eigenvalue weighted by atomic mass is 10.1. The normalized spacial score (nSPS) is 17.8. The van der Waals surface area contributed by atoms with Crippen molar-refractivity contribution in [1.29, 1.82) is 0 Å². The van der Waals surface area contributed by atoms with Gasteiger partial charge in [-0.1, -0.05) is 12.1 Å². The minimum atomic E-state index is 0.159. The molecule has 3 heteroatoms. The Bertz CT molecular complexity index is 344. The summed E-state index contributed by atoms with van der Waals surface area (Å²) >= 11 is 0. The Kier molecular flexibility index (Phi) is 5.02. The van der Waals surface area contributed by atoms with Gasteiger partial charge in [0, 0.05) is 31.4 Å². The molecule has 0 spiro atoms. The lowest BCUT2D eigenvalue weighted by molar-refractivity contribution is 0.251. The highest BCUT2D eigenvalue weighted by Crippen LogP contribution is 2.20. The van der Waals surface area contributed by atoms with Crippen LogP contribution in [0.3, 0.4) is 0 Å². The van der Waals surface area contributed by atoms with Gasteiger partial charge in [0.1, 0.15) is 0 Å². The van der Waals surface area contributed by atoms with E-state index in [-0.39, 0.29) is 12.6 Å². The third-order valence-corrected chi connectivity index (χ3v) is 3.59. The first-order valence-electron chi connectivity index (χ1n) is 6.98. The summed E-state index contributed by atoms with van der Waals surface area (Å²) in [5.41, 5.74) is 2.62. The predicted molar refractivity (Wildman–Crippen MR) is 75.9 cm³/mol. The highest BCUT2D eigenvalue weighted by molar-refractivity contribution is 5.47. The van der Waals surface area contributed by atoms with Gasteiger partial charge < -0.3 is 15.3 Å². The van der Waals surface area contributed by atoms with Gasteiger partial charge in [-0.3, -0.25) is 0 Å². The molecule has 1 aliphatic heterocycles. The van der Waals surface area contributed by atoms with E-state index in [1.54, 1.807) is 0 Å². The molecule has 0 saturated carbocycles. The van der Waals surface area contributed by atoms with Crippen molar-refractivity contribution >= 4 is 5.69 Å². The number of benzene rings is 1. The zero-order valence-corrected chi connectivity index (χ0v) is 11.2. The Morgan fingerprint density at radius 2 is 1.83 bits per heavy atom. The average Bonchev–Trinajstić information content (AvgIpc) is 2.46. The summed E-state index contributed by atoms with van der Waals surface area (Å²) in [6.07, 6.45) is 4.01. The Morgan fingerprint density at radius 1 is 1.17 bits per heavy atom. The van der Waals surface area contributed by atoms with Crippen LogP contribution in [0.1, 0.15) is 31.7 Å². The monoisotopic (exact) mass is 248 g/mol. The first-order valence-corrected chi connectivity index (χ1v) is 6.98. The standard InChI is InChI=1S/C15H24N2O/c1-13(12-18)16-11-14-5-7-15(8-6-14)17-9-3-2-4-10-17/h5-8,13,16,18H,2-4,9-12H2,1H3/t13-/m1/s1. The lowest BCUT2D eigenvalue weighted by Crippen LogP contribution is -2.29. The number of rotatable bonds is 5. The summed E-state index contributed by atoms with van der Waals surface area (Å²) in [6.45, 7) is 5.38. The smallest absolute Gasteiger partial charge is 0.0582 e. The average molecular weight is 248 g/mol. The largest absolute Gasteiger partial charge is 0.395 e. The van der Waals surface area contributed by atoms with Crippen LogP contribution in [0.5, 0.6) is 0 Å². The molecule has 0 aliphatic carbocycles. The van der Waals surface area contributed by atoms with Crippen molar-refractivity contribution in [2.45, 2.75) is 38.8 Å². The lowest BCUT2D eigenvalue weighted by Gasteiger charge is -2.28. The first-order chi connectivity index (χ1) is 8.79. The Morgan fingerprint density at radius 3 is 2.44 bits per heavy atom. The third kappa shape index (κ3) is 3.72. The number of aliphatic hydroxyl groups excluding tert-OH is 1. The zero-order valence-electron chi connectivity index (χ0n) is 11.2. The summed E-state index contributed by atoms with van der Waals surface area (Å²) in [5.74, 6) is 0. The fourth-order valence-electron chi connectivity index (χ4n) is 2.33. The van der Waals surface area contributed by atoms with Crippen LogP contribution in [0, 0.1) is 0 Å². The van der Waals surface area contributed by atoms with Gasteiger partial charge in [0.2, 0.25) is 0 Å². The topological polar surface area (TPSA) is 35.5 Å². The van der Waals surface area contributed by atoms with Crippen LogP contribution in [-0.4, -0.2) is 30.8 Å². The van der Waals surface area contributed by atoms with Crippen LogP contribution < -0.4 is 10.2 Å². The second kappa shape index (κ2) is 6.76. The highest BCUT2D eigenvalue weighted by Gasteiger charge is 2.10. The number of hydrogen-bond acceptors (Lipinski definition) is 3. The third-order valence-electron chi connectivity index (χ3n) is 3.59. The van der Waals surface area contributed by atoms with Gasteiger partial charge in [-0.05, 0) is 43.9 Å². The van der Waals surface area contributed by atoms with E-state index in [2.05, 4.69) is 34.5 Å². The molecular formula is C15H24N2O. The number of hydrogen-bond donors (Lipinski definition) is 2. The molecule has 0 unspecified atom stereocenters. The maximum absolute atomic E-state index is 8.96. The number of piperidine rings is 1. The molecule has 1 saturated heterocycles. The van der Waals surface area contributed by atoms with Gasteiger partial charge in [0.15, 0.2) is 0 Å². The molecular weight excluding hydrogens is 224 g/mol. The van der Waals surface area contributed by atoms with Crippen LogP contribution in [0.15, 0.2) is 24.3 Å². The molecule has 3 nitrogen and oxygen atoms in total. The van der Waals surface area contributed by atoms with Crippen molar-refractivity contribution in [1.82, 2.24) is 5.32 Å². The van der Waals surface area contributed by atoms with E-state index in [4.69, 9.17) is 5.11 Å². The van der Waals surface area contributed by atoms with Crippen molar-refractivity contribution in [3.63, 3.8) is 0 Å². The molecule has 1 aromatic rings. The van der Waals surface area contributed by atoms with Crippen LogP contribution in [-0.2, 0) is 6.54 Å². The molecule has 0 amide bonds. The van der Waals surface area contributed by atoms with Gasteiger partial charge in [-0.25, -0.2) is 0 Å². The van der Waals surface area contributed by atoms with E-state index in [0.717, 1.165) is 6.54 Å². The number of anilines is 1. The molecule has 1 fully saturated rings. The van der Waals surface area contributed by atoms with Gasteiger partial charge in [0.25, 0.3) is 0 Å². The number of nitrogens with zero attached hydrogens (tertiary/aromatic N) is 1. The van der Waals surface area contributed by atoms with Crippen molar-refractivity contribution in [3.05, 3.63) is 29.8 Å². The van der Waals surface area contributed by atoms with Crippen molar-refractivity contribution in [3.8, 4) is 0 Å². The van der Waals surface area contributed by atoms with E-state index in [0.29, 0.717) is 0 Å². The van der Waals surface area contributed by atoms with E-state index < -0.39 is 0 Å². The van der Waals surface area contributed by atoms with E-state index in [9.17, 15) is 0 Å². The minimum absolute atomic E-state index is 0.159. The molecule has 100 valence electrons. The van der Waals surface area contributed by atoms with Crippen LogP contribution in [0.2, 0.25) is 0 Å². The second-order valence-electron chi connectivity index (χ2n) is 5.18. The molecule has 0 bridgehead atoms. The predicted octanol–water partition coefficient (Wildman–Crippen LogP) is 2.15. The summed E-state index contributed by atoms with van der Waals surface area (Å²) in [6, 6.07) is 8.95. The van der Waals surface area contributed by atoms with Gasteiger partial charge in [-0.2, -0.15) is 0 Å². The summed E-state index contributed by atoms with van der Waals surface area (Å²) in [5, 5.41) is 12.2.